The summed E-state index contributed by atoms with van der Waals surface area (Å²) in [5.41, 5.74) is 1.14. The molecule has 0 unspecified atom stereocenters. The van der Waals surface area contributed by atoms with Crippen LogP contribution in [0.5, 0.6) is 5.88 Å². The number of aromatic nitrogens is 2. The lowest BCUT2D eigenvalue weighted by atomic mass is 10.2. The third-order valence-corrected chi connectivity index (χ3v) is 3.15. The molecule has 0 atom stereocenters. The third-order valence-electron chi connectivity index (χ3n) is 3.15. The summed E-state index contributed by atoms with van der Waals surface area (Å²) in [6.07, 6.45) is 2.37. The van der Waals surface area contributed by atoms with E-state index in [9.17, 15) is 0 Å². The van der Waals surface area contributed by atoms with Gasteiger partial charge < -0.3 is 10.1 Å². The Morgan fingerprint density at radius 3 is 2.68 bits per heavy atom. The van der Waals surface area contributed by atoms with Crippen molar-refractivity contribution in [2.24, 2.45) is 0 Å². The van der Waals surface area contributed by atoms with E-state index in [4.69, 9.17) is 4.74 Å². The Kier molecular flexibility index (Phi) is 3.31. The van der Waals surface area contributed by atoms with Gasteiger partial charge in [0, 0.05) is 19.0 Å². The van der Waals surface area contributed by atoms with Crippen molar-refractivity contribution >= 4 is 5.82 Å². The Balaban J connectivity index is 1.74. The highest BCUT2D eigenvalue weighted by atomic mass is 16.5. The first-order chi connectivity index (χ1) is 9.35. The Bertz CT molecular complexity index is 553. The van der Waals surface area contributed by atoms with Crippen molar-refractivity contribution in [2.75, 3.05) is 12.4 Å². The van der Waals surface area contributed by atoms with Crippen LogP contribution in [0.2, 0.25) is 0 Å². The Hall–Kier alpha value is -2.10. The van der Waals surface area contributed by atoms with Gasteiger partial charge >= 0.3 is 0 Å². The highest BCUT2D eigenvalue weighted by Crippen LogP contribution is 2.39. The molecule has 0 saturated heterocycles. The van der Waals surface area contributed by atoms with E-state index in [-0.39, 0.29) is 0 Å². The molecule has 1 aliphatic rings. The molecule has 4 nitrogen and oxygen atoms in total. The van der Waals surface area contributed by atoms with Crippen LogP contribution in [0.1, 0.15) is 30.1 Å². The summed E-state index contributed by atoms with van der Waals surface area (Å²) in [5.74, 6) is 2.88. The number of hydrogen-bond donors (Lipinski definition) is 1. The standard InChI is InChI=1S/C15H17N3O/c1-16-13-9-14(18-15(17-13)12-7-8-12)19-10-11-5-3-2-4-6-11/h2-6,9,12H,7-8,10H2,1H3,(H,16,17,18). The largest absolute Gasteiger partial charge is 0.473 e. The number of benzene rings is 1. The zero-order valence-corrected chi connectivity index (χ0v) is 11.0. The van der Waals surface area contributed by atoms with E-state index in [1.165, 1.54) is 12.8 Å². The minimum Gasteiger partial charge on any atom is -0.473 e. The van der Waals surface area contributed by atoms with Gasteiger partial charge in [0.25, 0.3) is 0 Å². The van der Waals surface area contributed by atoms with E-state index < -0.39 is 0 Å². The lowest BCUT2D eigenvalue weighted by Gasteiger charge is -2.09. The molecule has 0 bridgehead atoms. The maximum absolute atomic E-state index is 5.76. The molecule has 4 heteroatoms. The first-order valence-corrected chi connectivity index (χ1v) is 6.58. The van der Waals surface area contributed by atoms with Gasteiger partial charge in [-0.15, -0.1) is 0 Å². The van der Waals surface area contributed by atoms with E-state index in [0.29, 0.717) is 18.4 Å². The number of nitrogens with zero attached hydrogens (tertiary/aromatic N) is 2. The third kappa shape index (κ3) is 3.02. The predicted octanol–water partition coefficient (Wildman–Crippen LogP) is 2.97. The van der Waals surface area contributed by atoms with Crippen molar-refractivity contribution in [1.82, 2.24) is 9.97 Å². The van der Waals surface area contributed by atoms with Crippen LogP contribution in [0.3, 0.4) is 0 Å². The number of nitrogens with one attached hydrogen (secondary N) is 1. The molecular weight excluding hydrogens is 238 g/mol. The summed E-state index contributed by atoms with van der Waals surface area (Å²) in [6, 6.07) is 11.9. The van der Waals surface area contributed by atoms with Crippen LogP contribution in [0.15, 0.2) is 36.4 Å². The SMILES string of the molecule is CNc1cc(OCc2ccccc2)nc(C2CC2)n1. The van der Waals surface area contributed by atoms with Gasteiger partial charge in [0.2, 0.25) is 5.88 Å². The smallest absolute Gasteiger partial charge is 0.219 e. The zero-order chi connectivity index (χ0) is 13.1. The lowest BCUT2D eigenvalue weighted by molar-refractivity contribution is 0.292. The molecule has 1 aromatic carbocycles. The Morgan fingerprint density at radius 2 is 2.00 bits per heavy atom. The summed E-state index contributed by atoms with van der Waals surface area (Å²) in [5, 5.41) is 3.06. The van der Waals surface area contributed by atoms with Crippen LogP contribution in [-0.2, 0) is 6.61 Å². The van der Waals surface area contributed by atoms with E-state index in [0.717, 1.165) is 17.2 Å². The summed E-state index contributed by atoms with van der Waals surface area (Å²) >= 11 is 0. The fraction of sp³-hybridized carbons (Fsp3) is 0.333. The Labute approximate surface area is 112 Å². The highest BCUT2D eigenvalue weighted by molar-refractivity contribution is 5.38. The second-order valence-corrected chi connectivity index (χ2v) is 4.75. The molecular formula is C15H17N3O. The van der Waals surface area contributed by atoms with E-state index in [2.05, 4.69) is 15.3 Å². The first kappa shape index (κ1) is 12.0. The minimum atomic E-state index is 0.521. The van der Waals surface area contributed by atoms with Gasteiger partial charge in [0.15, 0.2) is 0 Å². The van der Waals surface area contributed by atoms with E-state index >= 15 is 0 Å². The van der Waals surface area contributed by atoms with E-state index in [1.807, 2.05) is 43.4 Å². The maximum Gasteiger partial charge on any atom is 0.219 e. The van der Waals surface area contributed by atoms with Gasteiger partial charge in [-0.2, -0.15) is 4.98 Å². The minimum absolute atomic E-state index is 0.521. The van der Waals surface area contributed by atoms with Crippen molar-refractivity contribution in [3.8, 4) is 5.88 Å². The zero-order valence-electron chi connectivity index (χ0n) is 11.0. The molecule has 3 rings (SSSR count). The van der Waals surface area contributed by atoms with E-state index in [1.54, 1.807) is 0 Å². The summed E-state index contributed by atoms with van der Waals surface area (Å²) in [7, 11) is 1.86. The highest BCUT2D eigenvalue weighted by Gasteiger charge is 2.27. The van der Waals surface area contributed by atoms with Crippen LogP contribution in [0.4, 0.5) is 5.82 Å². The number of ether oxygens (including phenoxy) is 1. The average Bonchev–Trinajstić information content (AvgIpc) is 3.30. The van der Waals surface area contributed by atoms with Crippen LogP contribution < -0.4 is 10.1 Å². The van der Waals surface area contributed by atoms with Crippen molar-refractivity contribution < 1.29 is 4.74 Å². The first-order valence-electron chi connectivity index (χ1n) is 6.58. The second kappa shape index (κ2) is 5.26. The van der Waals surface area contributed by atoms with Crippen LogP contribution in [0, 0.1) is 0 Å². The molecule has 1 fully saturated rings. The number of rotatable bonds is 5. The topological polar surface area (TPSA) is 47.0 Å². The van der Waals surface area contributed by atoms with Gasteiger partial charge in [0.05, 0.1) is 0 Å². The normalized spacial score (nSPS) is 14.2. The summed E-state index contributed by atoms with van der Waals surface area (Å²) < 4.78 is 5.76. The van der Waals surface area contributed by atoms with Crippen molar-refractivity contribution in [3.05, 3.63) is 47.8 Å². The molecule has 1 N–H and O–H groups in total. The van der Waals surface area contributed by atoms with Gasteiger partial charge in [-0.3, -0.25) is 0 Å². The molecule has 1 aliphatic carbocycles. The molecule has 1 heterocycles. The van der Waals surface area contributed by atoms with Gasteiger partial charge in [-0.05, 0) is 18.4 Å². The number of anilines is 1. The molecule has 0 radical (unpaired) electrons. The van der Waals surface area contributed by atoms with Crippen LogP contribution in [0.25, 0.3) is 0 Å². The fourth-order valence-corrected chi connectivity index (χ4v) is 1.90. The van der Waals surface area contributed by atoms with Crippen molar-refractivity contribution in [1.29, 1.82) is 0 Å². The molecule has 1 saturated carbocycles. The Morgan fingerprint density at radius 1 is 1.21 bits per heavy atom. The molecule has 0 amide bonds. The van der Waals surface area contributed by atoms with Gasteiger partial charge in [-0.1, -0.05) is 30.3 Å². The molecule has 0 spiro atoms. The maximum atomic E-state index is 5.76. The molecule has 19 heavy (non-hydrogen) atoms. The lowest BCUT2D eigenvalue weighted by Crippen LogP contribution is -2.03. The monoisotopic (exact) mass is 255 g/mol. The van der Waals surface area contributed by atoms with Crippen molar-refractivity contribution in [3.63, 3.8) is 0 Å². The second-order valence-electron chi connectivity index (χ2n) is 4.75. The number of hydrogen-bond acceptors (Lipinski definition) is 4. The predicted molar refractivity (Wildman–Crippen MR) is 74.3 cm³/mol. The molecule has 2 aromatic rings. The molecule has 1 aromatic heterocycles. The van der Waals surface area contributed by atoms with Crippen molar-refractivity contribution in [2.45, 2.75) is 25.4 Å². The van der Waals surface area contributed by atoms with Gasteiger partial charge in [0.1, 0.15) is 18.2 Å². The quantitative estimate of drug-likeness (QED) is 0.892. The summed E-state index contributed by atoms with van der Waals surface area (Å²) in [6.45, 7) is 0.533. The van der Waals surface area contributed by atoms with Crippen LogP contribution in [-0.4, -0.2) is 17.0 Å². The fourth-order valence-electron chi connectivity index (χ4n) is 1.90. The van der Waals surface area contributed by atoms with Crippen LogP contribution >= 0.6 is 0 Å². The molecule has 0 aliphatic heterocycles. The summed E-state index contributed by atoms with van der Waals surface area (Å²) in [4.78, 5) is 8.95. The average molecular weight is 255 g/mol. The van der Waals surface area contributed by atoms with Gasteiger partial charge in [-0.25, -0.2) is 4.98 Å². The molecule has 98 valence electrons.